The highest BCUT2D eigenvalue weighted by atomic mass is 127. The number of anilines is 1. The van der Waals surface area contributed by atoms with Crippen LogP contribution < -0.4 is 10.2 Å². The van der Waals surface area contributed by atoms with Crippen LogP contribution in [-0.4, -0.2) is 76.6 Å². The summed E-state index contributed by atoms with van der Waals surface area (Å²) in [6, 6.07) is 6.69. The van der Waals surface area contributed by atoms with Crippen molar-refractivity contribution in [2.24, 2.45) is 4.99 Å². The van der Waals surface area contributed by atoms with E-state index in [4.69, 9.17) is 9.47 Å². The van der Waals surface area contributed by atoms with E-state index in [1.165, 1.54) is 6.07 Å². The number of halogens is 2. The molecule has 1 aromatic carbocycles. The molecular formula is C20H32FIN4O2. The molecule has 158 valence electrons. The lowest BCUT2D eigenvalue weighted by Crippen LogP contribution is -2.53. The third kappa shape index (κ3) is 6.45. The van der Waals surface area contributed by atoms with Gasteiger partial charge < -0.3 is 24.6 Å². The number of hydrogen-bond acceptors (Lipinski definition) is 4. The summed E-state index contributed by atoms with van der Waals surface area (Å²) in [5.41, 5.74) is 0.895. The molecule has 2 atom stereocenters. The van der Waals surface area contributed by atoms with Gasteiger partial charge in [-0.3, -0.25) is 4.99 Å². The molecule has 6 nitrogen and oxygen atoms in total. The van der Waals surface area contributed by atoms with Crippen LogP contribution in [-0.2, 0) is 9.47 Å². The second-order valence-electron chi connectivity index (χ2n) is 7.14. The molecule has 2 saturated heterocycles. The molecule has 0 spiro atoms. The number of morpholine rings is 1. The molecule has 1 aromatic rings. The molecular weight excluding hydrogens is 474 g/mol. The Labute approximate surface area is 184 Å². The standard InChI is InChI=1S/C20H31FN4O2.HI/c1-22-20(25-11-13-27-19(15-25)18-8-4-12-26-18)23-9-5-10-24(2)17-7-3-6-16(21)14-17;/h3,6-7,14,18-19H,4-5,8-13,15H2,1-2H3,(H,22,23);1H. The topological polar surface area (TPSA) is 49.3 Å². The van der Waals surface area contributed by atoms with E-state index < -0.39 is 0 Å². The molecule has 2 aliphatic heterocycles. The molecule has 0 amide bonds. The molecule has 0 aromatic heterocycles. The summed E-state index contributed by atoms with van der Waals surface area (Å²) in [5, 5.41) is 3.45. The van der Waals surface area contributed by atoms with Crippen LogP contribution in [0.3, 0.4) is 0 Å². The van der Waals surface area contributed by atoms with Crippen LogP contribution >= 0.6 is 24.0 Å². The molecule has 2 heterocycles. The zero-order valence-electron chi connectivity index (χ0n) is 16.8. The smallest absolute Gasteiger partial charge is 0.193 e. The van der Waals surface area contributed by atoms with Crippen molar-refractivity contribution in [3.05, 3.63) is 30.1 Å². The molecule has 0 saturated carbocycles. The van der Waals surface area contributed by atoms with Crippen molar-refractivity contribution in [1.82, 2.24) is 10.2 Å². The van der Waals surface area contributed by atoms with Gasteiger partial charge in [0.05, 0.1) is 12.7 Å². The lowest BCUT2D eigenvalue weighted by atomic mass is 10.1. The van der Waals surface area contributed by atoms with Gasteiger partial charge in [0, 0.05) is 52.6 Å². The number of aliphatic imine (C=N–C) groups is 1. The van der Waals surface area contributed by atoms with E-state index in [1.54, 1.807) is 12.1 Å². The fraction of sp³-hybridized carbons (Fsp3) is 0.650. The van der Waals surface area contributed by atoms with Gasteiger partial charge in [-0.15, -0.1) is 24.0 Å². The Morgan fingerprint density at radius 3 is 2.86 bits per heavy atom. The first-order valence-corrected chi connectivity index (χ1v) is 9.83. The highest BCUT2D eigenvalue weighted by molar-refractivity contribution is 14.0. The molecule has 2 aliphatic rings. The van der Waals surface area contributed by atoms with Gasteiger partial charge >= 0.3 is 0 Å². The van der Waals surface area contributed by atoms with E-state index in [-0.39, 0.29) is 42.0 Å². The molecule has 0 aliphatic carbocycles. The van der Waals surface area contributed by atoms with E-state index in [1.807, 2.05) is 20.2 Å². The third-order valence-corrected chi connectivity index (χ3v) is 5.19. The van der Waals surface area contributed by atoms with Gasteiger partial charge in [0.1, 0.15) is 11.9 Å². The number of rotatable bonds is 6. The second kappa shape index (κ2) is 11.8. The van der Waals surface area contributed by atoms with Crippen molar-refractivity contribution < 1.29 is 13.9 Å². The predicted molar refractivity (Wildman–Crippen MR) is 121 cm³/mol. The SMILES string of the molecule is CN=C(NCCCN(C)c1cccc(F)c1)N1CCOC(C2CCCO2)C1.I. The summed E-state index contributed by atoms with van der Waals surface area (Å²) in [4.78, 5) is 8.75. The normalized spacial score (nSPS) is 22.7. The average Bonchev–Trinajstić information content (AvgIpc) is 3.23. The van der Waals surface area contributed by atoms with Crippen molar-refractivity contribution in [2.75, 3.05) is 58.4 Å². The molecule has 1 N–H and O–H groups in total. The Morgan fingerprint density at radius 1 is 1.32 bits per heavy atom. The van der Waals surface area contributed by atoms with Gasteiger partial charge in [-0.25, -0.2) is 4.39 Å². The molecule has 8 heteroatoms. The first-order chi connectivity index (χ1) is 13.2. The van der Waals surface area contributed by atoms with Crippen LogP contribution in [0.5, 0.6) is 0 Å². The fourth-order valence-electron chi connectivity index (χ4n) is 3.68. The van der Waals surface area contributed by atoms with Crippen LogP contribution in [0.4, 0.5) is 10.1 Å². The maximum absolute atomic E-state index is 13.3. The monoisotopic (exact) mass is 506 g/mol. The predicted octanol–water partition coefficient (Wildman–Crippen LogP) is 2.73. The number of benzene rings is 1. The lowest BCUT2D eigenvalue weighted by Gasteiger charge is -2.37. The van der Waals surface area contributed by atoms with Gasteiger partial charge in [0.25, 0.3) is 0 Å². The fourth-order valence-corrected chi connectivity index (χ4v) is 3.68. The first kappa shape index (κ1) is 23.2. The minimum atomic E-state index is -0.203. The zero-order chi connectivity index (χ0) is 19.1. The number of hydrogen-bond donors (Lipinski definition) is 1. The minimum absolute atomic E-state index is 0. The molecule has 3 rings (SSSR count). The summed E-state index contributed by atoms with van der Waals surface area (Å²) in [7, 11) is 3.80. The Bertz CT molecular complexity index is 628. The Morgan fingerprint density at radius 2 is 2.14 bits per heavy atom. The number of ether oxygens (including phenoxy) is 2. The number of nitrogens with one attached hydrogen (secondary N) is 1. The van der Waals surface area contributed by atoms with Crippen molar-refractivity contribution in [1.29, 1.82) is 0 Å². The van der Waals surface area contributed by atoms with Crippen LogP contribution in [0.1, 0.15) is 19.3 Å². The lowest BCUT2D eigenvalue weighted by molar-refractivity contribution is -0.0816. The molecule has 28 heavy (non-hydrogen) atoms. The number of guanidine groups is 1. The number of nitrogens with zero attached hydrogens (tertiary/aromatic N) is 3. The summed E-state index contributed by atoms with van der Waals surface area (Å²) in [6.07, 6.45) is 3.48. The maximum atomic E-state index is 13.3. The molecule has 2 fully saturated rings. The highest BCUT2D eigenvalue weighted by Crippen LogP contribution is 2.21. The highest BCUT2D eigenvalue weighted by Gasteiger charge is 2.32. The maximum Gasteiger partial charge on any atom is 0.193 e. The van der Waals surface area contributed by atoms with E-state index in [9.17, 15) is 4.39 Å². The van der Waals surface area contributed by atoms with Crippen molar-refractivity contribution in [3.8, 4) is 0 Å². The summed E-state index contributed by atoms with van der Waals surface area (Å²) in [5.74, 6) is 0.709. The molecule has 0 radical (unpaired) electrons. The minimum Gasteiger partial charge on any atom is -0.375 e. The summed E-state index contributed by atoms with van der Waals surface area (Å²) < 4.78 is 25.0. The van der Waals surface area contributed by atoms with E-state index in [2.05, 4.69) is 20.1 Å². The first-order valence-electron chi connectivity index (χ1n) is 9.83. The van der Waals surface area contributed by atoms with Gasteiger partial charge in [-0.2, -0.15) is 0 Å². The zero-order valence-corrected chi connectivity index (χ0v) is 19.1. The van der Waals surface area contributed by atoms with Crippen molar-refractivity contribution in [3.63, 3.8) is 0 Å². The van der Waals surface area contributed by atoms with E-state index >= 15 is 0 Å². The van der Waals surface area contributed by atoms with Crippen molar-refractivity contribution in [2.45, 2.75) is 31.5 Å². The van der Waals surface area contributed by atoms with Gasteiger partial charge in [0.15, 0.2) is 5.96 Å². The molecule has 2 unspecified atom stereocenters. The quantitative estimate of drug-likeness (QED) is 0.279. The second-order valence-corrected chi connectivity index (χ2v) is 7.14. The largest absolute Gasteiger partial charge is 0.375 e. The van der Waals surface area contributed by atoms with Crippen LogP contribution in [0.25, 0.3) is 0 Å². The van der Waals surface area contributed by atoms with Gasteiger partial charge in [-0.1, -0.05) is 6.07 Å². The Kier molecular flexibility index (Phi) is 9.73. The Hall–Kier alpha value is -1.13. The van der Waals surface area contributed by atoms with E-state index in [0.29, 0.717) is 6.61 Å². The third-order valence-electron chi connectivity index (χ3n) is 5.19. The summed E-state index contributed by atoms with van der Waals surface area (Å²) >= 11 is 0. The Balaban J connectivity index is 0.00000280. The van der Waals surface area contributed by atoms with Crippen molar-refractivity contribution >= 4 is 35.6 Å². The molecule has 0 bridgehead atoms. The van der Waals surface area contributed by atoms with Crippen LogP contribution in [0, 0.1) is 5.82 Å². The van der Waals surface area contributed by atoms with Gasteiger partial charge in [-0.05, 0) is 37.5 Å². The van der Waals surface area contributed by atoms with Crippen LogP contribution in [0.2, 0.25) is 0 Å². The van der Waals surface area contributed by atoms with Gasteiger partial charge in [0.2, 0.25) is 0 Å². The average molecular weight is 506 g/mol. The summed E-state index contributed by atoms with van der Waals surface area (Å²) in [6.45, 7) is 4.85. The van der Waals surface area contributed by atoms with E-state index in [0.717, 1.165) is 63.7 Å². The van der Waals surface area contributed by atoms with Crippen LogP contribution in [0.15, 0.2) is 29.3 Å².